The van der Waals surface area contributed by atoms with E-state index in [0.29, 0.717) is 6.61 Å². The summed E-state index contributed by atoms with van der Waals surface area (Å²) in [5.41, 5.74) is 0.228. The number of aromatic hydroxyl groups is 2. The number of hydrogen-bond donors (Lipinski definition) is 2. The molecule has 0 atom stereocenters. The zero-order valence-electron chi connectivity index (χ0n) is 10.7. The molecule has 18 heavy (non-hydrogen) atoms. The van der Waals surface area contributed by atoms with E-state index in [1.54, 1.807) is 7.11 Å². The van der Waals surface area contributed by atoms with Crippen molar-refractivity contribution in [1.29, 1.82) is 0 Å². The Balaban J connectivity index is 2.54. The number of nitrogens with zero attached hydrogens (tertiary/aromatic N) is 1. The number of carbonyl (C=O) groups is 1. The van der Waals surface area contributed by atoms with Gasteiger partial charge in [-0.15, -0.1) is 0 Å². The third-order valence-electron chi connectivity index (χ3n) is 2.58. The highest BCUT2D eigenvalue weighted by atomic mass is 16.5. The van der Waals surface area contributed by atoms with Crippen molar-refractivity contribution in [3.8, 4) is 11.5 Å². The molecule has 5 heteroatoms. The van der Waals surface area contributed by atoms with E-state index in [1.165, 1.54) is 12.1 Å². The average Bonchev–Trinajstić information content (AvgIpc) is 2.28. The molecule has 100 valence electrons. The molecule has 0 saturated carbocycles. The van der Waals surface area contributed by atoms with Gasteiger partial charge in [-0.1, -0.05) is 0 Å². The number of benzene rings is 1. The van der Waals surface area contributed by atoms with Crippen molar-refractivity contribution in [3.05, 3.63) is 23.8 Å². The maximum absolute atomic E-state index is 11.9. The summed E-state index contributed by atoms with van der Waals surface area (Å²) in [6.07, 6.45) is 0.849. The molecular weight excluding hydrogens is 234 g/mol. The first-order valence-corrected chi connectivity index (χ1v) is 5.77. The quantitative estimate of drug-likeness (QED) is 0.565. The Hall–Kier alpha value is -1.59. The van der Waals surface area contributed by atoms with Gasteiger partial charge in [0, 0.05) is 26.3 Å². The van der Waals surface area contributed by atoms with Crippen LogP contribution in [0.3, 0.4) is 0 Å². The standard InChI is InChI=1S/C13H19NO4/c1-14(6-3-7-18-2)9-13(17)11-5-4-10(15)8-12(11)16/h4-5,8,15-16H,3,6-7,9H2,1-2H3. The second-order valence-corrected chi connectivity index (χ2v) is 4.21. The van der Waals surface area contributed by atoms with Crippen LogP contribution in [0.25, 0.3) is 0 Å². The fraction of sp³-hybridized carbons (Fsp3) is 0.462. The van der Waals surface area contributed by atoms with Crippen LogP contribution < -0.4 is 0 Å². The zero-order valence-corrected chi connectivity index (χ0v) is 10.7. The van der Waals surface area contributed by atoms with Crippen LogP contribution >= 0.6 is 0 Å². The molecule has 0 aliphatic carbocycles. The summed E-state index contributed by atoms with van der Waals surface area (Å²) in [6.45, 7) is 1.63. The molecule has 0 amide bonds. The normalized spacial score (nSPS) is 10.8. The number of Topliss-reactive ketones (excluding diaryl/α,β-unsaturated/α-hetero) is 1. The second-order valence-electron chi connectivity index (χ2n) is 4.21. The van der Waals surface area contributed by atoms with Crippen LogP contribution in [-0.2, 0) is 4.74 Å². The highest BCUT2D eigenvalue weighted by molar-refractivity contribution is 6.00. The molecule has 0 radical (unpaired) electrons. The zero-order chi connectivity index (χ0) is 13.5. The molecule has 0 unspecified atom stereocenters. The lowest BCUT2D eigenvalue weighted by Crippen LogP contribution is -2.27. The van der Waals surface area contributed by atoms with E-state index in [1.807, 2.05) is 11.9 Å². The molecule has 2 N–H and O–H groups in total. The Morgan fingerprint density at radius 1 is 1.39 bits per heavy atom. The number of carbonyl (C=O) groups excluding carboxylic acids is 1. The van der Waals surface area contributed by atoms with E-state index in [-0.39, 0.29) is 29.4 Å². The summed E-state index contributed by atoms with van der Waals surface area (Å²) in [5.74, 6) is -0.421. The van der Waals surface area contributed by atoms with Crippen LogP contribution in [0.2, 0.25) is 0 Å². The third kappa shape index (κ3) is 4.35. The summed E-state index contributed by atoms with van der Waals surface area (Å²) in [5, 5.41) is 18.7. The molecule has 0 bridgehead atoms. The molecule has 1 rings (SSSR count). The third-order valence-corrected chi connectivity index (χ3v) is 2.58. The number of phenols is 2. The van der Waals surface area contributed by atoms with Gasteiger partial charge in [-0.05, 0) is 25.6 Å². The van der Waals surface area contributed by atoms with Crippen LogP contribution in [0.5, 0.6) is 11.5 Å². The van der Waals surface area contributed by atoms with Crippen LogP contribution in [0.15, 0.2) is 18.2 Å². The van der Waals surface area contributed by atoms with Crippen molar-refractivity contribution in [2.24, 2.45) is 0 Å². The van der Waals surface area contributed by atoms with Gasteiger partial charge >= 0.3 is 0 Å². The molecule has 0 fully saturated rings. The van der Waals surface area contributed by atoms with E-state index in [0.717, 1.165) is 19.0 Å². The smallest absolute Gasteiger partial charge is 0.180 e. The highest BCUT2D eigenvalue weighted by Crippen LogP contribution is 2.22. The molecule has 0 aliphatic rings. The van der Waals surface area contributed by atoms with Gasteiger partial charge in [0.25, 0.3) is 0 Å². The Morgan fingerprint density at radius 2 is 2.11 bits per heavy atom. The molecule has 0 spiro atoms. The number of methoxy groups -OCH3 is 1. The summed E-state index contributed by atoms with van der Waals surface area (Å²) < 4.78 is 4.93. The van der Waals surface area contributed by atoms with Gasteiger partial charge in [-0.2, -0.15) is 0 Å². The Labute approximate surface area is 107 Å². The summed E-state index contributed by atoms with van der Waals surface area (Å²) in [4.78, 5) is 13.8. The lowest BCUT2D eigenvalue weighted by atomic mass is 10.1. The van der Waals surface area contributed by atoms with E-state index < -0.39 is 0 Å². The van der Waals surface area contributed by atoms with Gasteiger partial charge in [0.2, 0.25) is 0 Å². The van der Waals surface area contributed by atoms with Gasteiger partial charge in [0.1, 0.15) is 11.5 Å². The molecule has 1 aromatic rings. The van der Waals surface area contributed by atoms with E-state index in [9.17, 15) is 9.90 Å². The molecule has 1 aromatic carbocycles. The monoisotopic (exact) mass is 253 g/mol. The first-order chi connectivity index (χ1) is 8.54. The Kier molecular flexibility index (Phi) is 5.61. The number of likely N-dealkylation sites (N-methyl/N-ethyl adjacent to an activating group) is 1. The molecule has 0 aromatic heterocycles. The Morgan fingerprint density at radius 3 is 2.72 bits per heavy atom. The van der Waals surface area contributed by atoms with Gasteiger partial charge in [-0.25, -0.2) is 0 Å². The van der Waals surface area contributed by atoms with Crippen LogP contribution in [0.1, 0.15) is 16.8 Å². The fourth-order valence-electron chi connectivity index (χ4n) is 1.64. The molecular formula is C13H19NO4. The SMILES string of the molecule is COCCCN(C)CC(=O)c1ccc(O)cc1O. The first-order valence-electron chi connectivity index (χ1n) is 5.77. The van der Waals surface area contributed by atoms with Crippen molar-refractivity contribution < 1.29 is 19.7 Å². The maximum Gasteiger partial charge on any atom is 0.180 e. The number of phenolic OH excluding ortho intramolecular Hbond substituents is 2. The van der Waals surface area contributed by atoms with Gasteiger partial charge in [0.15, 0.2) is 5.78 Å². The maximum atomic E-state index is 11.9. The number of rotatable bonds is 7. The van der Waals surface area contributed by atoms with E-state index in [2.05, 4.69) is 0 Å². The number of hydrogen-bond acceptors (Lipinski definition) is 5. The van der Waals surface area contributed by atoms with Crippen molar-refractivity contribution >= 4 is 5.78 Å². The lowest BCUT2D eigenvalue weighted by molar-refractivity contribution is 0.0936. The minimum atomic E-state index is -0.190. The molecule has 0 saturated heterocycles. The van der Waals surface area contributed by atoms with Crippen LogP contribution in [0.4, 0.5) is 0 Å². The molecule has 0 heterocycles. The average molecular weight is 253 g/mol. The molecule has 5 nitrogen and oxygen atoms in total. The van der Waals surface area contributed by atoms with E-state index in [4.69, 9.17) is 9.84 Å². The summed E-state index contributed by atoms with van der Waals surface area (Å²) in [6, 6.07) is 3.98. The van der Waals surface area contributed by atoms with Crippen molar-refractivity contribution in [2.75, 3.05) is 33.9 Å². The minimum Gasteiger partial charge on any atom is -0.508 e. The van der Waals surface area contributed by atoms with Gasteiger partial charge < -0.3 is 14.9 Å². The predicted molar refractivity (Wildman–Crippen MR) is 68.1 cm³/mol. The van der Waals surface area contributed by atoms with Crippen molar-refractivity contribution in [3.63, 3.8) is 0 Å². The second kappa shape index (κ2) is 6.98. The number of ether oxygens (including phenoxy) is 1. The summed E-state index contributed by atoms with van der Waals surface area (Å²) >= 11 is 0. The molecule has 0 aliphatic heterocycles. The van der Waals surface area contributed by atoms with E-state index >= 15 is 0 Å². The number of ketones is 1. The Bertz CT molecular complexity index is 406. The van der Waals surface area contributed by atoms with Gasteiger partial charge in [0.05, 0.1) is 12.1 Å². The topological polar surface area (TPSA) is 70.0 Å². The fourth-order valence-corrected chi connectivity index (χ4v) is 1.64. The van der Waals surface area contributed by atoms with Gasteiger partial charge in [-0.3, -0.25) is 9.69 Å². The lowest BCUT2D eigenvalue weighted by Gasteiger charge is -2.15. The minimum absolute atomic E-state index is 0.0579. The van der Waals surface area contributed by atoms with Crippen molar-refractivity contribution in [2.45, 2.75) is 6.42 Å². The van der Waals surface area contributed by atoms with Crippen LogP contribution in [0, 0.1) is 0 Å². The summed E-state index contributed by atoms with van der Waals surface area (Å²) in [7, 11) is 3.48. The highest BCUT2D eigenvalue weighted by Gasteiger charge is 2.13. The van der Waals surface area contributed by atoms with Crippen LogP contribution in [-0.4, -0.2) is 54.8 Å². The van der Waals surface area contributed by atoms with Crippen molar-refractivity contribution in [1.82, 2.24) is 4.90 Å². The first kappa shape index (κ1) is 14.5. The largest absolute Gasteiger partial charge is 0.508 e. The predicted octanol–water partition coefficient (Wildman–Crippen LogP) is 1.25.